The fraction of sp³-hybridized carbons (Fsp3) is 0.345. The number of likely N-dealkylation sites (tertiary alicyclic amines) is 1. The highest BCUT2D eigenvalue weighted by Crippen LogP contribution is 2.48. The molecule has 0 unspecified atom stereocenters. The first-order valence-corrected chi connectivity index (χ1v) is 16.0. The Hall–Kier alpha value is -3.37. The Bertz CT molecular complexity index is 1560. The first kappa shape index (κ1) is 27.2. The summed E-state index contributed by atoms with van der Waals surface area (Å²) in [7, 11) is -7.46. The molecule has 0 aromatic heterocycles. The molecule has 1 spiro atoms. The molecule has 0 atom stereocenters. The maximum absolute atomic E-state index is 13.8. The van der Waals surface area contributed by atoms with Gasteiger partial charge in [0.15, 0.2) is 9.84 Å². The van der Waals surface area contributed by atoms with Crippen molar-refractivity contribution in [2.24, 2.45) is 0 Å². The third-order valence-corrected chi connectivity index (χ3v) is 11.7. The van der Waals surface area contributed by atoms with Gasteiger partial charge in [-0.15, -0.1) is 0 Å². The van der Waals surface area contributed by atoms with Gasteiger partial charge in [-0.25, -0.2) is 21.6 Å². The van der Waals surface area contributed by atoms with E-state index >= 15 is 0 Å². The van der Waals surface area contributed by atoms with Gasteiger partial charge in [-0.3, -0.25) is 4.31 Å². The predicted octanol–water partition coefficient (Wildman–Crippen LogP) is 4.75. The highest BCUT2D eigenvalue weighted by Gasteiger charge is 2.48. The lowest BCUT2D eigenvalue weighted by Gasteiger charge is -2.39. The van der Waals surface area contributed by atoms with E-state index in [1.54, 1.807) is 24.8 Å². The normalized spacial score (nSPS) is 16.9. The largest absolute Gasteiger partial charge is 0.445 e. The molecule has 0 saturated carbocycles. The van der Waals surface area contributed by atoms with Gasteiger partial charge in [-0.1, -0.05) is 48.5 Å². The Labute approximate surface area is 230 Å². The molecule has 0 aliphatic carbocycles. The number of carbonyl (C=O) groups is 1. The monoisotopic (exact) mass is 568 g/mol. The van der Waals surface area contributed by atoms with Crippen LogP contribution in [0.4, 0.5) is 10.5 Å². The molecule has 8 nitrogen and oxygen atoms in total. The number of fused-ring (bicyclic) bond motifs is 2. The number of anilines is 1. The molecule has 3 aromatic rings. The quantitative estimate of drug-likeness (QED) is 0.426. The summed E-state index contributed by atoms with van der Waals surface area (Å²) in [6, 6.07) is 22.4. The second-order valence-corrected chi connectivity index (χ2v) is 14.8. The van der Waals surface area contributed by atoms with Gasteiger partial charge < -0.3 is 9.64 Å². The number of amides is 1. The van der Waals surface area contributed by atoms with Crippen molar-refractivity contribution in [2.45, 2.75) is 53.8 Å². The number of hydrogen-bond donors (Lipinski definition) is 0. The molecule has 206 valence electrons. The minimum Gasteiger partial charge on any atom is -0.445 e. The van der Waals surface area contributed by atoms with Crippen LogP contribution in [0.15, 0.2) is 88.7 Å². The molecule has 3 aromatic carbocycles. The molecule has 2 aliphatic heterocycles. The number of rotatable bonds is 6. The Balaban J connectivity index is 1.34. The number of ether oxygens (including phenoxy) is 1. The van der Waals surface area contributed by atoms with Crippen LogP contribution in [0, 0.1) is 0 Å². The fourth-order valence-electron chi connectivity index (χ4n) is 5.36. The standard InChI is InChI=1S/C29H32N2O6S2/c1-22(2)38(33,34)24-12-14-25(15-13-24)39(35,36)31-21-29(26-10-6-7-11-27(26)31)16-18-30(19-17-29)28(32)37-20-23-8-4-3-5-9-23/h3-15,22H,16-21H2,1-2H3. The molecule has 1 saturated heterocycles. The van der Waals surface area contributed by atoms with E-state index in [2.05, 4.69) is 0 Å². The van der Waals surface area contributed by atoms with E-state index in [1.807, 2.05) is 48.5 Å². The lowest BCUT2D eigenvalue weighted by atomic mass is 9.74. The maximum atomic E-state index is 13.8. The SMILES string of the molecule is CC(C)S(=O)(=O)c1ccc(S(=O)(=O)N2CC3(CCN(C(=O)OCc4ccccc4)CC3)c3ccccc32)cc1. The number of sulfonamides is 1. The van der Waals surface area contributed by atoms with E-state index in [9.17, 15) is 21.6 Å². The molecule has 1 amide bonds. The lowest BCUT2D eigenvalue weighted by molar-refractivity contribution is 0.0791. The molecule has 2 heterocycles. The van der Waals surface area contributed by atoms with Crippen LogP contribution in [-0.4, -0.2) is 52.7 Å². The minimum absolute atomic E-state index is 0.0407. The van der Waals surface area contributed by atoms with E-state index in [0.29, 0.717) is 31.6 Å². The van der Waals surface area contributed by atoms with Crippen molar-refractivity contribution in [1.82, 2.24) is 4.90 Å². The molecule has 0 bridgehead atoms. The van der Waals surface area contributed by atoms with Crippen molar-refractivity contribution < 1.29 is 26.4 Å². The van der Waals surface area contributed by atoms with Crippen LogP contribution in [0.2, 0.25) is 0 Å². The number of nitrogens with zero attached hydrogens (tertiary/aromatic N) is 2. The number of sulfone groups is 1. The van der Waals surface area contributed by atoms with Crippen LogP contribution < -0.4 is 4.31 Å². The third-order valence-electron chi connectivity index (χ3n) is 7.74. The lowest BCUT2D eigenvalue weighted by Crippen LogP contribution is -2.47. The van der Waals surface area contributed by atoms with Crippen molar-refractivity contribution in [3.05, 3.63) is 90.0 Å². The Kier molecular flexibility index (Phi) is 7.19. The van der Waals surface area contributed by atoms with E-state index < -0.39 is 30.5 Å². The number of benzene rings is 3. The van der Waals surface area contributed by atoms with Crippen molar-refractivity contribution >= 4 is 31.6 Å². The van der Waals surface area contributed by atoms with Crippen LogP contribution >= 0.6 is 0 Å². The van der Waals surface area contributed by atoms with E-state index in [0.717, 1.165) is 11.1 Å². The second-order valence-electron chi connectivity index (χ2n) is 10.4. The topological polar surface area (TPSA) is 101 Å². The molecular formula is C29H32N2O6S2. The summed E-state index contributed by atoms with van der Waals surface area (Å²) in [4.78, 5) is 14.5. The zero-order chi connectivity index (χ0) is 27.8. The van der Waals surface area contributed by atoms with Crippen molar-refractivity contribution in [3.63, 3.8) is 0 Å². The summed E-state index contributed by atoms with van der Waals surface area (Å²) in [5.41, 5.74) is 2.06. The highest BCUT2D eigenvalue weighted by atomic mass is 32.2. The fourth-order valence-corrected chi connectivity index (χ4v) is 7.98. The van der Waals surface area contributed by atoms with Crippen LogP contribution in [-0.2, 0) is 36.6 Å². The summed E-state index contributed by atoms with van der Waals surface area (Å²) in [5.74, 6) is 0. The average molecular weight is 569 g/mol. The summed E-state index contributed by atoms with van der Waals surface area (Å²) in [5, 5.41) is -0.605. The summed E-state index contributed by atoms with van der Waals surface area (Å²) < 4.78 is 59.6. The molecule has 0 radical (unpaired) electrons. The molecule has 1 fully saturated rings. The van der Waals surface area contributed by atoms with Crippen LogP contribution in [0.1, 0.15) is 37.8 Å². The van der Waals surface area contributed by atoms with Gasteiger partial charge in [-0.2, -0.15) is 0 Å². The van der Waals surface area contributed by atoms with Gasteiger partial charge in [0.05, 0.1) is 20.7 Å². The summed E-state index contributed by atoms with van der Waals surface area (Å²) >= 11 is 0. The van der Waals surface area contributed by atoms with E-state index in [1.165, 1.54) is 28.6 Å². The van der Waals surface area contributed by atoms with E-state index in [-0.39, 0.29) is 29.0 Å². The first-order valence-electron chi connectivity index (χ1n) is 13.0. The third kappa shape index (κ3) is 5.03. The van der Waals surface area contributed by atoms with Crippen LogP contribution in [0.3, 0.4) is 0 Å². The first-order chi connectivity index (χ1) is 18.5. The maximum Gasteiger partial charge on any atom is 0.410 e. The van der Waals surface area contributed by atoms with Gasteiger partial charge in [0.1, 0.15) is 6.61 Å². The second kappa shape index (κ2) is 10.3. The molecule has 39 heavy (non-hydrogen) atoms. The number of hydrogen-bond acceptors (Lipinski definition) is 6. The number of para-hydroxylation sites is 1. The molecule has 10 heteroatoms. The van der Waals surface area contributed by atoms with Crippen molar-refractivity contribution in [2.75, 3.05) is 23.9 Å². The Morgan fingerprint density at radius 1 is 0.846 bits per heavy atom. The van der Waals surface area contributed by atoms with Gasteiger partial charge in [0.2, 0.25) is 0 Å². The summed E-state index contributed by atoms with van der Waals surface area (Å²) in [6.07, 6.45) is 0.824. The molecule has 5 rings (SSSR count). The number of carbonyl (C=O) groups excluding carboxylic acids is 1. The predicted molar refractivity (Wildman–Crippen MR) is 149 cm³/mol. The van der Waals surface area contributed by atoms with E-state index in [4.69, 9.17) is 4.74 Å². The molecular weight excluding hydrogens is 536 g/mol. The van der Waals surface area contributed by atoms with Gasteiger partial charge >= 0.3 is 6.09 Å². The molecule has 2 aliphatic rings. The smallest absolute Gasteiger partial charge is 0.410 e. The zero-order valence-electron chi connectivity index (χ0n) is 22.0. The van der Waals surface area contributed by atoms with Gasteiger partial charge in [0.25, 0.3) is 10.0 Å². The minimum atomic E-state index is -3.95. The average Bonchev–Trinajstić information content (AvgIpc) is 3.27. The van der Waals surface area contributed by atoms with Gasteiger partial charge in [0, 0.05) is 25.0 Å². The summed E-state index contributed by atoms with van der Waals surface area (Å²) in [6.45, 7) is 4.56. The van der Waals surface area contributed by atoms with Crippen LogP contribution in [0.25, 0.3) is 0 Å². The van der Waals surface area contributed by atoms with Crippen LogP contribution in [0.5, 0.6) is 0 Å². The number of piperidine rings is 1. The van der Waals surface area contributed by atoms with Gasteiger partial charge in [-0.05, 0) is 68.1 Å². The van der Waals surface area contributed by atoms with Crippen molar-refractivity contribution in [1.29, 1.82) is 0 Å². The Morgan fingerprint density at radius 3 is 2.08 bits per heavy atom. The molecule has 0 N–H and O–H groups in total. The Morgan fingerprint density at radius 2 is 1.44 bits per heavy atom. The van der Waals surface area contributed by atoms with Crippen molar-refractivity contribution in [3.8, 4) is 0 Å². The highest BCUT2D eigenvalue weighted by molar-refractivity contribution is 7.93. The zero-order valence-corrected chi connectivity index (χ0v) is 23.6.